The van der Waals surface area contributed by atoms with E-state index in [1.807, 2.05) is 29.0 Å². The maximum absolute atomic E-state index is 13.2. The van der Waals surface area contributed by atoms with Gasteiger partial charge in [0.25, 0.3) is 5.91 Å². The molecule has 1 aliphatic carbocycles. The quantitative estimate of drug-likeness (QED) is 0.357. The fourth-order valence-corrected chi connectivity index (χ4v) is 5.92. The summed E-state index contributed by atoms with van der Waals surface area (Å²) < 4.78 is 2.09. The van der Waals surface area contributed by atoms with Crippen LogP contribution < -0.4 is 0 Å². The Bertz CT molecular complexity index is 1070. The van der Waals surface area contributed by atoms with Gasteiger partial charge in [-0.05, 0) is 35.7 Å². The van der Waals surface area contributed by atoms with Gasteiger partial charge in [-0.2, -0.15) is 5.10 Å². The lowest BCUT2D eigenvalue weighted by Gasteiger charge is -2.20. The Hall–Kier alpha value is -2.23. The van der Waals surface area contributed by atoms with Crippen LogP contribution in [0, 0.1) is 0 Å². The zero-order chi connectivity index (χ0) is 20.5. The standard InChI is InChI=1S/C21H21N5OS3/c1-2-9-25-20(14-7-8-14)22-23-21(25)30-13-19(27)26-16(18-6-4-11-29-18)12-15(24-26)17-5-3-10-28-17/h2-6,10-11,14,16H,1,7-9,12-13H2/t16-/m0/s1. The third-order valence-electron chi connectivity index (χ3n) is 5.17. The molecule has 0 radical (unpaired) electrons. The molecule has 2 aliphatic rings. The second kappa shape index (κ2) is 8.49. The van der Waals surface area contributed by atoms with Gasteiger partial charge in [-0.25, -0.2) is 5.01 Å². The first-order valence-corrected chi connectivity index (χ1v) is 12.6. The lowest BCUT2D eigenvalue weighted by atomic mass is 10.1. The van der Waals surface area contributed by atoms with E-state index in [0.717, 1.165) is 45.7 Å². The Labute approximate surface area is 187 Å². The average molecular weight is 456 g/mol. The SMILES string of the molecule is C=CCn1c(SCC(=O)N2N=C(c3cccs3)C[C@H]2c2cccs2)nnc1C1CC1. The highest BCUT2D eigenvalue weighted by Gasteiger charge is 2.35. The van der Waals surface area contributed by atoms with Gasteiger partial charge in [-0.15, -0.1) is 39.4 Å². The molecule has 1 saturated carbocycles. The lowest BCUT2D eigenvalue weighted by Crippen LogP contribution is -2.28. The molecule has 0 spiro atoms. The molecule has 3 aromatic rings. The number of rotatable bonds is 8. The fraction of sp³-hybridized carbons (Fsp3) is 0.333. The molecule has 1 aliphatic heterocycles. The van der Waals surface area contributed by atoms with Crippen LogP contribution in [-0.4, -0.2) is 37.1 Å². The minimum Gasteiger partial charge on any atom is -0.302 e. The maximum Gasteiger partial charge on any atom is 0.253 e. The van der Waals surface area contributed by atoms with Crippen molar-refractivity contribution in [3.05, 3.63) is 63.3 Å². The summed E-state index contributed by atoms with van der Waals surface area (Å²) in [5.74, 6) is 1.79. The van der Waals surface area contributed by atoms with Crippen LogP contribution in [0.5, 0.6) is 0 Å². The molecule has 5 rings (SSSR count). The summed E-state index contributed by atoms with van der Waals surface area (Å²) >= 11 is 4.76. The van der Waals surface area contributed by atoms with Crippen LogP contribution in [0.25, 0.3) is 0 Å². The van der Waals surface area contributed by atoms with Gasteiger partial charge in [0.05, 0.1) is 22.4 Å². The van der Waals surface area contributed by atoms with Gasteiger partial charge in [0.2, 0.25) is 0 Å². The lowest BCUT2D eigenvalue weighted by molar-refractivity contribution is -0.130. The number of thioether (sulfide) groups is 1. The van der Waals surface area contributed by atoms with Crippen molar-refractivity contribution in [2.24, 2.45) is 5.10 Å². The minimum atomic E-state index is -0.0386. The molecule has 1 atom stereocenters. The molecular weight excluding hydrogens is 434 g/mol. The van der Waals surface area contributed by atoms with Crippen LogP contribution in [-0.2, 0) is 11.3 Å². The number of allylic oxidation sites excluding steroid dienone is 1. The van der Waals surface area contributed by atoms with Crippen LogP contribution in [0.3, 0.4) is 0 Å². The van der Waals surface area contributed by atoms with E-state index in [9.17, 15) is 4.79 Å². The van der Waals surface area contributed by atoms with E-state index < -0.39 is 0 Å². The number of hydrogen-bond acceptors (Lipinski definition) is 7. The Morgan fingerprint density at radius 3 is 2.77 bits per heavy atom. The van der Waals surface area contributed by atoms with Crippen molar-refractivity contribution >= 4 is 46.1 Å². The largest absolute Gasteiger partial charge is 0.302 e. The van der Waals surface area contributed by atoms with Gasteiger partial charge in [0.15, 0.2) is 5.16 Å². The van der Waals surface area contributed by atoms with Crippen molar-refractivity contribution in [1.29, 1.82) is 0 Å². The van der Waals surface area contributed by atoms with Crippen molar-refractivity contribution in [2.45, 2.75) is 42.9 Å². The van der Waals surface area contributed by atoms with E-state index in [4.69, 9.17) is 5.10 Å². The molecule has 154 valence electrons. The number of carbonyl (C=O) groups is 1. The smallest absolute Gasteiger partial charge is 0.253 e. The van der Waals surface area contributed by atoms with Crippen molar-refractivity contribution in [1.82, 2.24) is 19.8 Å². The highest BCUT2D eigenvalue weighted by Crippen LogP contribution is 2.40. The normalized spacial score (nSPS) is 18.6. The second-order valence-electron chi connectivity index (χ2n) is 7.30. The summed E-state index contributed by atoms with van der Waals surface area (Å²) in [6.45, 7) is 4.51. The van der Waals surface area contributed by atoms with Crippen molar-refractivity contribution in [2.75, 3.05) is 5.75 Å². The minimum absolute atomic E-state index is 0.00826. The van der Waals surface area contributed by atoms with Crippen molar-refractivity contribution in [3.8, 4) is 0 Å². The van der Waals surface area contributed by atoms with E-state index in [1.165, 1.54) is 11.8 Å². The average Bonchev–Trinajstić information content (AvgIpc) is 3.25. The number of nitrogens with zero attached hydrogens (tertiary/aromatic N) is 5. The molecule has 0 aromatic carbocycles. The Morgan fingerprint density at radius 2 is 2.07 bits per heavy atom. The monoisotopic (exact) mass is 455 g/mol. The Balaban J connectivity index is 1.34. The molecular formula is C21H21N5OS3. The summed E-state index contributed by atoms with van der Waals surface area (Å²) in [5.41, 5.74) is 0.979. The third kappa shape index (κ3) is 3.89. The molecule has 1 amide bonds. The van der Waals surface area contributed by atoms with Crippen molar-refractivity contribution in [3.63, 3.8) is 0 Å². The van der Waals surface area contributed by atoms with Gasteiger partial charge in [-0.1, -0.05) is 30.0 Å². The Morgan fingerprint density at radius 1 is 1.23 bits per heavy atom. The Kier molecular flexibility index (Phi) is 5.58. The van der Waals surface area contributed by atoms with Crippen LogP contribution >= 0.6 is 34.4 Å². The fourth-order valence-electron chi connectivity index (χ4n) is 3.58. The van der Waals surface area contributed by atoms with Crippen LogP contribution in [0.15, 0.2) is 57.9 Å². The van der Waals surface area contributed by atoms with Crippen LogP contribution in [0.2, 0.25) is 0 Å². The molecule has 9 heteroatoms. The van der Waals surface area contributed by atoms with Crippen LogP contribution in [0.1, 0.15) is 46.8 Å². The predicted octanol–water partition coefficient (Wildman–Crippen LogP) is 4.93. The predicted molar refractivity (Wildman–Crippen MR) is 122 cm³/mol. The van der Waals surface area contributed by atoms with Gasteiger partial charge in [0.1, 0.15) is 5.82 Å². The van der Waals surface area contributed by atoms with E-state index >= 15 is 0 Å². The molecule has 0 unspecified atom stereocenters. The molecule has 0 N–H and O–H groups in total. The molecule has 30 heavy (non-hydrogen) atoms. The van der Waals surface area contributed by atoms with Gasteiger partial charge in [-0.3, -0.25) is 4.79 Å². The topological polar surface area (TPSA) is 63.4 Å². The van der Waals surface area contributed by atoms with Crippen LogP contribution in [0.4, 0.5) is 0 Å². The maximum atomic E-state index is 13.2. The summed E-state index contributed by atoms with van der Waals surface area (Å²) in [6.07, 6.45) is 4.92. The third-order valence-corrected chi connectivity index (χ3v) is 8.01. The number of thiophene rings is 2. The summed E-state index contributed by atoms with van der Waals surface area (Å²) in [5, 5.41) is 20.0. The first-order chi connectivity index (χ1) is 14.7. The van der Waals surface area contributed by atoms with Gasteiger partial charge < -0.3 is 4.57 Å². The highest BCUT2D eigenvalue weighted by atomic mass is 32.2. The highest BCUT2D eigenvalue weighted by molar-refractivity contribution is 7.99. The first-order valence-electron chi connectivity index (χ1n) is 9.88. The van der Waals surface area contributed by atoms with Gasteiger partial charge >= 0.3 is 0 Å². The summed E-state index contributed by atoms with van der Waals surface area (Å²) in [7, 11) is 0. The number of amides is 1. The number of hydrogen-bond donors (Lipinski definition) is 0. The first kappa shape index (κ1) is 19.7. The molecule has 1 fully saturated rings. The van der Waals surface area contributed by atoms with E-state index in [1.54, 1.807) is 27.7 Å². The zero-order valence-electron chi connectivity index (χ0n) is 16.3. The number of aromatic nitrogens is 3. The molecule has 6 nitrogen and oxygen atoms in total. The van der Waals surface area contributed by atoms with E-state index in [0.29, 0.717) is 12.5 Å². The molecule has 0 saturated heterocycles. The van der Waals surface area contributed by atoms with Crippen molar-refractivity contribution < 1.29 is 4.79 Å². The molecule has 0 bridgehead atoms. The number of hydrazone groups is 1. The van der Waals surface area contributed by atoms with Gasteiger partial charge in [0, 0.05) is 23.8 Å². The summed E-state index contributed by atoms with van der Waals surface area (Å²) in [6, 6.07) is 8.15. The molecule has 3 aromatic heterocycles. The number of carbonyl (C=O) groups excluding carboxylic acids is 1. The van der Waals surface area contributed by atoms with E-state index in [-0.39, 0.29) is 17.7 Å². The zero-order valence-corrected chi connectivity index (χ0v) is 18.8. The summed E-state index contributed by atoms with van der Waals surface area (Å²) in [4.78, 5) is 15.5. The molecule has 4 heterocycles. The van der Waals surface area contributed by atoms with E-state index in [2.05, 4.69) is 33.5 Å². The second-order valence-corrected chi connectivity index (χ2v) is 10.2.